The van der Waals surface area contributed by atoms with E-state index in [2.05, 4.69) is 6.92 Å². The van der Waals surface area contributed by atoms with Gasteiger partial charge in [0.1, 0.15) is 0 Å². The van der Waals surface area contributed by atoms with Gasteiger partial charge < -0.3 is 0 Å². The van der Waals surface area contributed by atoms with Gasteiger partial charge >= 0.3 is 107 Å². The molecule has 0 rings (SSSR count). The Labute approximate surface area is 113 Å². The maximum atomic E-state index is 2.29. The zero-order valence-corrected chi connectivity index (χ0v) is 13.7. The van der Waals surface area contributed by atoms with Crippen LogP contribution in [0.1, 0.15) is 77.6 Å². The van der Waals surface area contributed by atoms with E-state index in [0.29, 0.717) is 0 Å². The molecule has 0 aliphatic heterocycles. The van der Waals surface area contributed by atoms with Gasteiger partial charge in [-0.1, -0.05) is 6.92 Å². The van der Waals surface area contributed by atoms with Crippen molar-refractivity contribution in [1.82, 2.24) is 0 Å². The van der Waals surface area contributed by atoms with E-state index in [4.69, 9.17) is 0 Å². The third kappa shape index (κ3) is 13.2. The van der Waals surface area contributed by atoms with Gasteiger partial charge in [-0.3, -0.25) is 0 Å². The van der Waals surface area contributed by atoms with Crippen molar-refractivity contribution in [3.8, 4) is 0 Å². The average Bonchev–Trinajstić information content (AvgIpc) is 2.21. The molecule has 0 aromatic heterocycles. The summed E-state index contributed by atoms with van der Waals surface area (Å²) in [5, 5.41) is 0. The van der Waals surface area contributed by atoms with Crippen LogP contribution >= 0.6 is 0 Å². The summed E-state index contributed by atoms with van der Waals surface area (Å²) in [5.41, 5.74) is 0. The predicted octanol–water partition coefficient (Wildman–Crippen LogP) is 5.27. The van der Waals surface area contributed by atoms with Gasteiger partial charge in [0.05, 0.1) is 0 Å². The summed E-state index contributed by atoms with van der Waals surface area (Å²) in [4.78, 5) is 0. The molecule has 0 fully saturated rings. The van der Waals surface area contributed by atoms with Crippen LogP contribution in [0.25, 0.3) is 0 Å². The van der Waals surface area contributed by atoms with Gasteiger partial charge in [0, 0.05) is 0 Å². The molecule has 82 valence electrons. The minimum absolute atomic E-state index is 1.23. The average molecular weight is 322 g/mol. The molecular weight excluding hydrogens is 295 g/mol. The summed E-state index contributed by atoms with van der Waals surface area (Å²) >= 11 is 1.23. The van der Waals surface area contributed by atoms with Gasteiger partial charge in [0.15, 0.2) is 0 Å². The molecule has 1 heteroatoms. The normalized spacial score (nSPS) is 10.6. The number of hydrogen-bond acceptors (Lipinski definition) is 0. The molecule has 0 saturated heterocycles. The summed E-state index contributed by atoms with van der Waals surface area (Å²) in [7, 11) is 0. The number of rotatable bonds is 11. The van der Waals surface area contributed by atoms with Crippen molar-refractivity contribution in [3.05, 3.63) is 0 Å². The molecular formula is C13H27La. The van der Waals surface area contributed by atoms with E-state index in [1.54, 1.807) is 0 Å². The van der Waals surface area contributed by atoms with Crippen LogP contribution < -0.4 is 0 Å². The number of hydrogen-bond donors (Lipinski definition) is 0. The van der Waals surface area contributed by atoms with Crippen LogP contribution in [0.15, 0.2) is 0 Å². The van der Waals surface area contributed by atoms with Crippen LogP contribution in [0, 0.1) is 33.7 Å². The van der Waals surface area contributed by atoms with E-state index < -0.39 is 0 Å². The molecule has 0 saturated carbocycles. The first kappa shape index (κ1) is 15.2. The Morgan fingerprint density at radius 3 is 1.29 bits per heavy atom. The van der Waals surface area contributed by atoms with Crippen molar-refractivity contribution in [1.29, 1.82) is 0 Å². The molecule has 0 unspecified atom stereocenters. The molecule has 0 atom stereocenters. The van der Waals surface area contributed by atoms with E-state index in [0.717, 1.165) is 0 Å². The van der Waals surface area contributed by atoms with E-state index >= 15 is 0 Å². The van der Waals surface area contributed by atoms with Crippen molar-refractivity contribution >= 4 is 0 Å². The molecule has 0 aromatic rings. The van der Waals surface area contributed by atoms with Crippen LogP contribution in [0.5, 0.6) is 0 Å². The van der Waals surface area contributed by atoms with Crippen LogP contribution in [0.4, 0.5) is 0 Å². The molecule has 0 aromatic carbocycles. The van der Waals surface area contributed by atoms with Gasteiger partial charge in [-0.05, 0) is 0 Å². The van der Waals surface area contributed by atoms with Crippen LogP contribution in [0.3, 0.4) is 0 Å². The van der Waals surface area contributed by atoms with Crippen LogP contribution in [0.2, 0.25) is 2.82 Å². The summed E-state index contributed by atoms with van der Waals surface area (Å²) in [6, 6.07) is 0. The van der Waals surface area contributed by atoms with Gasteiger partial charge in [-0.25, -0.2) is 0 Å². The van der Waals surface area contributed by atoms with Crippen molar-refractivity contribution in [2.75, 3.05) is 0 Å². The van der Waals surface area contributed by atoms with Crippen molar-refractivity contribution < 1.29 is 33.7 Å². The third-order valence-electron chi connectivity index (χ3n) is 2.81. The van der Waals surface area contributed by atoms with Crippen molar-refractivity contribution in [2.24, 2.45) is 0 Å². The first-order valence-electron chi connectivity index (χ1n) is 6.62. The van der Waals surface area contributed by atoms with Gasteiger partial charge in [-0.15, -0.1) is 0 Å². The topological polar surface area (TPSA) is 0 Å². The van der Waals surface area contributed by atoms with E-state index in [-0.39, 0.29) is 0 Å². The molecule has 0 amide bonds. The van der Waals surface area contributed by atoms with Gasteiger partial charge in [-0.2, -0.15) is 0 Å². The summed E-state index contributed by atoms with van der Waals surface area (Å²) in [5.74, 6) is 0. The fourth-order valence-corrected chi connectivity index (χ4v) is 2.72. The molecule has 14 heavy (non-hydrogen) atoms. The van der Waals surface area contributed by atoms with Crippen LogP contribution in [-0.2, 0) is 0 Å². The Balaban J connectivity index is 2.78. The third-order valence-corrected chi connectivity index (χ3v) is 4.09. The van der Waals surface area contributed by atoms with E-state index in [1.807, 2.05) is 0 Å². The molecule has 0 aliphatic carbocycles. The Kier molecular flexibility index (Phi) is 15.4. The quantitative estimate of drug-likeness (QED) is 0.455. The second kappa shape index (κ2) is 14.2. The zero-order chi connectivity index (χ0) is 10.5. The fourth-order valence-electron chi connectivity index (χ4n) is 1.81. The Morgan fingerprint density at radius 1 is 0.571 bits per heavy atom. The fraction of sp³-hybridized carbons (Fsp3) is 1.00. The molecule has 0 radical (unpaired) electrons. The van der Waals surface area contributed by atoms with Gasteiger partial charge in [0.2, 0.25) is 0 Å². The minimum atomic E-state index is 1.23. The monoisotopic (exact) mass is 322 g/mol. The summed E-state index contributed by atoms with van der Waals surface area (Å²) in [6.45, 7) is 2.29. The van der Waals surface area contributed by atoms with Crippen LogP contribution in [-0.4, -0.2) is 0 Å². The molecule has 0 heterocycles. The Bertz CT molecular complexity index is 79.2. The van der Waals surface area contributed by atoms with Crippen molar-refractivity contribution in [3.63, 3.8) is 0 Å². The summed E-state index contributed by atoms with van der Waals surface area (Å²) in [6.07, 6.45) is 16.3. The molecule has 0 aliphatic rings. The molecule has 0 spiro atoms. The SMILES string of the molecule is CCCCCCCCCCCC[CH2][La]. The standard InChI is InChI=1S/C13H27.La/c1-3-5-7-9-11-13-12-10-8-6-4-2;/h1,3-13H2,2H3;. The summed E-state index contributed by atoms with van der Waals surface area (Å²) < 4.78 is 1.54. The predicted molar refractivity (Wildman–Crippen MR) is 61.3 cm³/mol. The molecule has 0 bridgehead atoms. The zero-order valence-electron chi connectivity index (χ0n) is 10.1. The van der Waals surface area contributed by atoms with E-state index in [1.165, 1.54) is 107 Å². The Hall–Kier alpha value is 1.19. The first-order valence-corrected chi connectivity index (χ1v) is 9.18. The first-order chi connectivity index (χ1) is 6.91. The second-order valence-electron chi connectivity index (χ2n) is 4.32. The molecule has 0 nitrogen and oxygen atoms in total. The Morgan fingerprint density at radius 2 is 0.929 bits per heavy atom. The molecule has 0 N–H and O–H groups in total. The maximum absolute atomic E-state index is 2.29. The van der Waals surface area contributed by atoms with E-state index in [9.17, 15) is 0 Å². The number of unbranched alkanes of at least 4 members (excludes halogenated alkanes) is 10. The van der Waals surface area contributed by atoms with Gasteiger partial charge in [0.25, 0.3) is 0 Å². The second-order valence-corrected chi connectivity index (χ2v) is 6.14. The van der Waals surface area contributed by atoms with Crippen molar-refractivity contribution in [2.45, 2.75) is 80.4 Å².